The minimum Gasteiger partial charge on any atom is -0.329 e. The first-order valence-corrected chi connectivity index (χ1v) is 6.83. The summed E-state index contributed by atoms with van der Waals surface area (Å²) >= 11 is 5.76. The lowest BCUT2D eigenvalue weighted by Gasteiger charge is -2.27. The van der Waals surface area contributed by atoms with Gasteiger partial charge in [-0.25, -0.2) is 4.39 Å². The van der Waals surface area contributed by atoms with Crippen LogP contribution in [0.5, 0.6) is 0 Å². The zero-order valence-electron chi connectivity index (χ0n) is 11.1. The Bertz CT molecular complexity index is 371. The molecule has 0 aliphatic carbocycles. The van der Waals surface area contributed by atoms with Gasteiger partial charge >= 0.3 is 0 Å². The second-order valence-electron chi connectivity index (χ2n) is 4.61. The van der Waals surface area contributed by atoms with Crippen LogP contribution < -0.4 is 5.73 Å². The van der Waals surface area contributed by atoms with Crippen molar-refractivity contribution in [2.45, 2.75) is 32.2 Å². The van der Waals surface area contributed by atoms with Crippen LogP contribution in [0.1, 0.15) is 37.8 Å². The van der Waals surface area contributed by atoms with Crippen LogP contribution in [-0.2, 0) is 0 Å². The van der Waals surface area contributed by atoms with Crippen molar-refractivity contribution in [2.75, 3.05) is 20.1 Å². The normalized spacial score (nSPS) is 13.0. The van der Waals surface area contributed by atoms with Gasteiger partial charge in [0.25, 0.3) is 0 Å². The second kappa shape index (κ2) is 7.72. The van der Waals surface area contributed by atoms with Gasteiger partial charge in [-0.15, -0.1) is 0 Å². The molecule has 0 saturated heterocycles. The van der Waals surface area contributed by atoms with Crippen LogP contribution in [0, 0.1) is 5.82 Å². The highest BCUT2D eigenvalue weighted by Crippen LogP contribution is 2.24. The molecule has 1 unspecified atom stereocenters. The smallest absolute Gasteiger partial charge is 0.129 e. The van der Waals surface area contributed by atoms with Gasteiger partial charge in [0.2, 0.25) is 0 Å². The number of likely N-dealkylation sites (N-methyl/N-ethyl adjacent to an activating group) is 1. The Morgan fingerprint density at radius 1 is 1.39 bits per heavy atom. The number of hydrogen-bond donors (Lipinski definition) is 1. The van der Waals surface area contributed by atoms with Gasteiger partial charge in [0.05, 0.1) is 0 Å². The predicted molar refractivity (Wildman–Crippen MR) is 75.4 cm³/mol. The molecule has 1 atom stereocenters. The van der Waals surface area contributed by atoms with Crippen LogP contribution in [0.15, 0.2) is 18.2 Å². The Morgan fingerprint density at radius 3 is 2.67 bits per heavy atom. The number of benzene rings is 1. The van der Waals surface area contributed by atoms with Crippen molar-refractivity contribution in [3.8, 4) is 0 Å². The fourth-order valence-corrected chi connectivity index (χ4v) is 2.24. The van der Waals surface area contributed by atoms with E-state index in [0.717, 1.165) is 13.0 Å². The van der Waals surface area contributed by atoms with Crippen LogP contribution >= 0.6 is 11.6 Å². The largest absolute Gasteiger partial charge is 0.329 e. The zero-order chi connectivity index (χ0) is 13.5. The van der Waals surface area contributed by atoms with Gasteiger partial charge in [-0.2, -0.15) is 0 Å². The van der Waals surface area contributed by atoms with Crippen molar-refractivity contribution in [2.24, 2.45) is 5.73 Å². The molecule has 0 bridgehead atoms. The molecule has 0 aliphatic rings. The molecule has 4 heteroatoms. The van der Waals surface area contributed by atoms with Crippen molar-refractivity contribution in [3.05, 3.63) is 34.6 Å². The van der Waals surface area contributed by atoms with E-state index >= 15 is 0 Å². The van der Waals surface area contributed by atoms with E-state index in [2.05, 4.69) is 11.8 Å². The molecule has 18 heavy (non-hydrogen) atoms. The van der Waals surface area contributed by atoms with E-state index in [1.165, 1.54) is 18.9 Å². The molecule has 0 saturated carbocycles. The highest BCUT2D eigenvalue weighted by Gasteiger charge is 2.18. The lowest BCUT2D eigenvalue weighted by Crippen LogP contribution is -2.32. The number of rotatable bonds is 7. The maximum atomic E-state index is 13.9. The Labute approximate surface area is 114 Å². The number of nitrogens with two attached hydrogens (primary N) is 1. The summed E-state index contributed by atoms with van der Waals surface area (Å²) < 4.78 is 13.9. The summed E-state index contributed by atoms with van der Waals surface area (Å²) in [6.45, 7) is 3.50. The van der Waals surface area contributed by atoms with Gasteiger partial charge in [0.15, 0.2) is 0 Å². The fourth-order valence-electron chi connectivity index (χ4n) is 2.08. The summed E-state index contributed by atoms with van der Waals surface area (Å²) in [4.78, 5) is 2.11. The lowest BCUT2D eigenvalue weighted by molar-refractivity contribution is 0.240. The van der Waals surface area contributed by atoms with Crippen molar-refractivity contribution >= 4 is 11.6 Å². The Morgan fingerprint density at radius 2 is 2.11 bits per heavy atom. The minimum atomic E-state index is -0.278. The number of halogens is 2. The van der Waals surface area contributed by atoms with E-state index in [9.17, 15) is 4.39 Å². The summed E-state index contributed by atoms with van der Waals surface area (Å²) in [6.07, 6.45) is 3.47. The Kier molecular flexibility index (Phi) is 6.61. The lowest BCUT2D eigenvalue weighted by atomic mass is 10.0. The molecule has 0 aromatic heterocycles. The van der Waals surface area contributed by atoms with Gasteiger partial charge in [-0.1, -0.05) is 37.4 Å². The molecule has 0 aliphatic heterocycles. The van der Waals surface area contributed by atoms with Crippen molar-refractivity contribution < 1.29 is 4.39 Å². The predicted octanol–water partition coefficient (Wildman–Crippen LogP) is 3.60. The molecule has 0 amide bonds. The molecule has 1 aromatic carbocycles. The average Bonchev–Trinajstić information content (AvgIpc) is 2.33. The van der Waals surface area contributed by atoms with Crippen LogP contribution in [0.25, 0.3) is 0 Å². The van der Waals surface area contributed by atoms with Crippen molar-refractivity contribution in [1.29, 1.82) is 0 Å². The molecule has 2 N–H and O–H groups in total. The maximum absolute atomic E-state index is 13.9. The van der Waals surface area contributed by atoms with Gasteiger partial charge < -0.3 is 5.73 Å². The van der Waals surface area contributed by atoms with Crippen LogP contribution in [0.4, 0.5) is 4.39 Å². The third-order valence-electron chi connectivity index (χ3n) is 3.19. The van der Waals surface area contributed by atoms with Crippen molar-refractivity contribution in [1.82, 2.24) is 4.90 Å². The number of nitrogens with zero attached hydrogens (tertiary/aromatic N) is 1. The first-order chi connectivity index (χ1) is 8.60. The number of hydrogen-bond acceptors (Lipinski definition) is 2. The molecule has 1 rings (SSSR count). The van der Waals surface area contributed by atoms with Gasteiger partial charge in [-0.3, -0.25) is 4.90 Å². The SMILES string of the molecule is CCCCCN(C)C(CN)c1ccc(Cl)cc1F. The van der Waals surface area contributed by atoms with E-state index < -0.39 is 0 Å². The molecular formula is C14H22ClFN2. The van der Waals surface area contributed by atoms with Crippen molar-refractivity contribution in [3.63, 3.8) is 0 Å². The Balaban J connectivity index is 2.75. The molecular weight excluding hydrogens is 251 g/mol. The highest BCUT2D eigenvalue weighted by molar-refractivity contribution is 6.30. The quantitative estimate of drug-likeness (QED) is 0.769. The minimum absolute atomic E-state index is 0.0841. The highest BCUT2D eigenvalue weighted by atomic mass is 35.5. The maximum Gasteiger partial charge on any atom is 0.129 e. The third kappa shape index (κ3) is 4.23. The second-order valence-corrected chi connectivity index (χ2v) is 5.04. The zero-order valence-corrected chi connectivity index (χ0v) is 11.9. The number of unbranched alkanes of at least 4 members (excludes halogenated alkanes) is 2. The molecule has 0 radical (unpaired) electrons. The van der Waals surface area contributed by atoms with Crippen LogP contribution in [-0.4, -0.2) is 25.0 Å². The standard InChI is InChI=1S/C14H22ClFN2/c1-3-4-5-8-18(2)14(10-17)12-7-6-11(15)9-13(12)16/h6-7,9,14H,3-5,8,10,17H2,1-2H3. The monoisotopic (exact) mass is 272 g/mol. The van der Waals surface area contributed by atoms with E-state index in [4.69, 9.17) is 17.3 Å². The van der Waals surface area contributed by atoms with E-state index in [0.29, 0.717) is 17.1 Å². The van der Waals surface area contributed by atoms with Crippen LogP contribution in [0.2, 0.25) is 5.02 Å². The fraction of sp³-hybridized carbons (Fsp3) is 0.571. The molecule has 2 nitrogen and oxygen atoms in total. The first kappa shape index (κ1) is 15.4. The van der Waals surface area contributed by atoms with E-state index in [1.807, 2.05) is 7.05 Å². The Hall–Kier alpha value is -0.640. The molecule has 0 heterocycles. The molecule has 102 valence electrons. The summed E-state index contributed by atoms with van der Waals surface area (Å²) in [5.74, 6) is -0.278. The summed E-state index contributed by atoms with van der Waals surface area (Å²) in [7, 11) is 1.99. The molecule has 1 aromatic rings. The third-order valence-corrected chi connectivity index (χ3v) is 3.43. The molecule has 0 spiro atoms. The van der Waals surface area contributed by atoms with E-state index in [1.54, 1.807) is 12.1 Å². The summed E-state index contributed by atoms with van der Waals surface area (Å²) in [6, 6.07) is 4.70. The van der Waals surface area contributed by atoms with Crippen LogP contribution in [0.3, 0.4) is 0 Å². The molecule has 0 fully saturated rings. The summed E-state index contributed by atoms with van der Waals surface area (Å²) in [5, 5.41) is 0.417. The summed E-state index contributed by atoms with van der Waals surface area (Å²) in [5.41, 5.74) is 6.40. The average molecular weight is 273 g/mol. The van der Waals surface area contributed by atoms with Gasteiger partial charge in [-0.05, 0) is 32.1 Å². The van der Waals surface area contributed by atoms with E-state index in [-0.39, 0.29) is 11.9 Å². The topological polar surface area (TPSA) is 29.3 Å². The van der Waals surface area contributed by atoms with Gasteiger partial charge in [0, 0.05) is 23.2 Å². The first-order valence-electron chi connectivity index (χ1n) is 6.45. The van der Waals surface area contributed by atoms with Gasteiger partial charge in [0.1, 0.15) is 5.82 Å².